The average molecular weight is 337 g/mol. The smallest absolute Gasteiger partial charge is 0.455 e. The highest BCUT2D eigenvalue weighted by molar-refractivity contribution is 9.10. The number of hydrogen-bond acceptors (Lipinski definition) is 4. The number of aromatic hydroxyl groups is 1. The molecule has 0 bridgehead atoms. The second-order valence-corrected chi connectivity index (χ2v) is 4.50. The second kappa shape index (κ2) is 4.37. The first-order valence-electron chi connectivity index (χ1n) is 4.78. The minimum Gasteiger partial charge on any atom is -0.506 e. The zero-order valence-electron chi connectivity index (χ0n) is 8.92. The molecule has 0 saturated carbocycles. The van der Waals surface area contributed by atoms with E-state index in [-0.39, 0.29) is 11.0 Å². The largest absolute Gasteiger partial charge is 0.506 e. The van der Waals surface area contributed by atoms with Crippen molar-refractivity contribution in [2.45, 2.75) is 6.18 Å². The van der Waals surface area contributed by atoms with E-state index in [1.807, 2.05) is 0 Å². The summed E-state index contributed by atoms with van der Waals surface area (Å²) >= 11 is 3.07. The maximum absolute atomic E-state index is 12.3. The van der Waals surface area contributed by atoms with Gasteiger partial charge < -0.3 is 9.52 Å². The fourth-order valence-electron chi connectivity index (χ4n) is 1.50. The van der Waals surface area contributed by atoms with E-state index in [2.05, 4.69) is 20.3 Å². The number of carbonyl (C=O) groups excluding carboxylic acids is 1. The van der Waals surface area contributed by atoms with E-state index in [1.165, 1.54) is 18.2 Å². The third-order valence-corrected chi connectivity index (χ3v) is 2.82. The predicted molar refractivity (Wildman–Crippen MR) is 62.2 cm³/mol. The van der Waals surface area contributed by atoms with Crippen LogP contribution in [0, 0.1) is 0 Å². The summed E-state index contributed by atoms with van der Waals surface area (Å²) in [6.45, 7) is 0. The Labute approximate surface area is 111 Å². The molecule has 0 amide bonds. The van der Waals surface area contributed by atoms with Crippen molar-refractivity contribution >= 4 is 32.7 Å². The molecule has 19 heavy (non-hydrogen) atoms. The Morgan fingerprint density at radius 3 is 2.53 bits per heavy atom. The lowest BCUT2D eigenvalue weighted by molar-refractivity contribution is -0.0888. The number of benzene rings is 1. The average Bonchev–Trinajstić information content (AvgIpc) is 2.26. The van der Waals surface area contributed by atoms with Crippen LogP contribution in [-0.2, 0) is 0 Å². The molecule has 0 fully saturated rings. The van der Waals surface area contributed by atoms with Gasteiger partial charge in [-0.15, -0.1) is 0 Å². The van der Waals surface area contributed by atoms with E-state index in [0.717, 1.165) is 0 Å². The van der Waals surface area contributed by atoms with Gasteiger partial charge in [0.05, 0.1) is 5.39 Å². The summed E-state index contributed by atoms with van der Waals surface area (Å²) in [5, 5.41) is 9.50. The number of Topliss-reactive ketones (excluding diaryl/α,β-unsaturated/α-hetero) is 1. The maximum Gasteiger partial charge on any atom is 0.455 e. The highest BCUT2D eigenvalue weighted by atomic mass is 79.9. The molecule has 0 spiro atoms. The van der Waals surface area contributed by atoms with Crippen molar-refractivity contribution in [3.05, 3.63) is 38.7 Å². The monoisotopic (exact) mass is 336 g/mol. The Bertz CT molecular complexity index is 733. The molecule has 0 aliphatic rings. The van der Waals surface area contributed by atoms with Crippen LogP contribution in [0.5, 0.6) is 5.75 Å². The van der Waals surface area contributed by atoms with Crippen molar-refractivity contribution in [3.8, 4) is 5.75 Å². The molecule has 2 aromatic rings. The quantitative estimate of drug-likeness (QED) is 0.642. The lowest BCUT2D eigenvalue weighted by Gasteiger charge is -2.07. The summed E-state index contributed by atoms with van der Waals surface area (Å²) in [7, 11) is 0. The lowest BCUT2D eigenvalue weighted by Crippen LogP contribution is -2.28. The van der Waals surface area contributed by atoms with E-state index in [1.54, 1.807) is 0 Å². The van der Waals surface area contributed by atoms with Crippen LogP contribution in [0.3, 0.4) is 0 Å². The molecule has 8 heteroatoms. The zero-order chi connectivity index (χ0) is 14.4. The summed E-state index contributed by atoms with van der Waals surface area (Å²) < 4.78 is 42.0. The Morgan fingerprint density at radius 1 is 1.32 bits per heavy atom. The maximum atomic E-state index is 12.3. The normalized spacial score (nSPS) is 11.8. The molecule has 100 valence electrons. The van der Waals surface area contributed by atoms with Crippen LogP contribution in [0.2, 0.25) is 0 Å². The molecule has 1 heterocycles. The summed E-state index contributed by atoms with van der Waals surface area (Å²) in [5.41, 5.74) is -3.08. The molecule has 1 N–H and O–H groups in total. The molecule has 0 aliphatic heterocycles. The van der Waals surface area contributed by atoms with Crippen LogP contribution in [0.4, 0.5) is 13.2 Å². The standard InChI is InChI=1S/C11H4BrF3O4/c12-4-1-2-5-6(3-4)19-10(18)7(8(5)16)9(17)11(13,14)15/h1-3,16H. The minimum atomic E-state index is -5.27. The van der Waals surface area contributed by atoms with Crippen molar-refractivity contribution in [2.24, 2.45) is 0 Å². The first-order valence-corrected chi connectivity index (χ1v) is 5.58. The first-order chi connectivity index (χ1) is 8.71. The second-order valence-electron chi connectivity index (χ2n) is 3.58. The van der Waals surface area contributed by atoms with E-state index in [0.29, 0.717) is 4.47 Å². The zero-order valence-corrected chi connectivity index (χ0v) is 10.5. The summed E-state index contributed by atoms with van der Waals surface area (Å²) in [6.07, 6.45) is -5.27. The topological polar surface area (TPSA) is 67.5 Å². The molecule has 2 rings (SSSR count). The number of ketones is 1. The van der Waals surface area contributed by atoms with Gasteiger partial charge in [0.15, 0.2) is 5.56 Å². The fourth-order valence-corrected chi connectivity index (χ4v) is 1.84. The number of halogens is 4. The van der Waals surface area contributed by atoms with Crippen LogP contribution < -0.4 is 5.63 Å². The van der Waals surface area contributed by atoms with Crippen LogP contribution in [-0.4, -0.2) is 17.1 Å². The van der Waals surface area contributed by atoms with Crippen LogP contribution in [0.1, 0.15) is 10.4 Å². The highest BCUT2D eigenvalue weighted by Gasteiger charge is 2.43. The van der Waals surface area contributed by atoms with Crippen molar-refractivity contribution in [1.29, 1.82) is 0 Å². The Morgan fingerprint density at radius 2 is 1.95 bits per heavy atom. The summed E-state index contributed by atoms with van der Waals surface area (Å²) in [4.78, 5) is 22.5. The van der Waals surface area contributed by atoms with Gasteiger partial charge in [-0.25, -0.2) is 4.79 Å². The van der Waals surface area contributed by atoms with Gasteiger partial charge in [-0.2, -0.15) is 13.2 Å². The fraction of sp³-hybridized carbons (Fsp3) is 0.0909. The molecule has 0 saturated heterocycles. The van der Waals surface area contributed by atoms with E-state index >= 15 is 0 Å². The first kappa shape index (κ1) is 13.6. The van der Waals surface area contributed by atoms with Gasteiger partial charge in [0.25, 0.3) is 5.78 Å². The van der Waals surface area contributed by atoms with Gasteiger partial charge in [-0.3, -0.25) is 4.79 Å². The Kier molecular flexibility index (Phi) is 3.13. The van der Waals surface area contributed by atoms with Gasteiger partial charge in [0, 0.05) is 4.47 Å². The SMILES string of the molecule is O=C(c1c(O)c2ccc(Br)cc2oc1=O)C(F)(F)F. The number of fused-ring (bicyclic) bond motifs is 1. The number of carbonyl (C=O) groups is 1. The van der Waals surface area contributed by atoms with Crippen molar-refractivity contribution < 1.29 is 27.5 Å². The van der Waals surface area contributed by atoms with Gasteiger partial charge in [-0.1, -0.05) is 15.9 Å². The molecular formula is C11H4BrF3O4. The molecule has 0 atom stereocenters. The van der Waals surface area contributed by atoms with E-state index < -0.39 is 28.9 Å². The van der Waals surface area contributed by atoms with Gasteiger partial charge in [0.1, 0.15) is 11.3 Å². The van der Waals surface area contributed by atoms with E-state index in [4.69, 9.17) is 0 Å². The molecule has 1 aromatic carbocycles. The molecule has 1 aromatic heterocycles. The summed E-state index contributed by atoms with van der Waals surface area (Å²) in [6, 6.07) is 3.94. The predicted octanol–water partition coefficient (Wildman–Crippen LogP) is 3.01. The number of rotatable bonds is 1. The minimum absolute atomic E-state index is 0.129. The number of alkyl halides is 3. The molecule has 4 nitrogen and oxygen atoms in total. The lowest BCUT2D eigenvalue weighted by atomic mass is 10.1. The van der Waals surface area contributed by atoms with E-state index in [9.17, 15) is 27.9 Å². The van der Waals surface area contributed by atoms with Crippen LogP contribution in [0.15, 0.2) is 31.9 Å². The van der Waals surface area contributed by atoms with Crippen LogP contribution >= 0.6 is 15.9 Å². The number of hydrogen-bond donors (Lipinski definition) is 1. The van der Waals surface area contributed by atoms with Crippen molar-refractivity contribution in [2.75, 3.05) is 0 Å². The van der Waals surface area contributed by atoms with Crippen molar-refractivity contribution in [1.82, 2.24) is 0 Å². The molecule has 0 unspecified atom stereocenters. The van der Waals surface area contributed by atoms with Crippen molar-refractivity contribution in [3.63, 3.8) is 0 Å². The van der Waals surface area contributed by atoms with Crippen LogP contribution in [0.25, 0.3) is 11.0 Å². The Balaban J connectivity index is 2.81. The van der Waals surface area contributed by atoms with Gasteiger partial charge in [0.2, 0.25) is 0 Å². The van der Waals surface area contributed by atoms with Gasteiger partial charge >= 0.3 is 11.8 Å². The third-order valence-electron chi connectivity index (χ3n) is 2.33. The third kappa shape index (κ3) is 2.35. The Hall–Kier alpha value is -1.83. The molecule has 0 radical (unpaired) electrons. The highest BCUT2D eigenvalue weighted by Crippen LogP contribution is 2.31. The van der Waals surface area contributed by atoms with Gasteiger partial charge in [-0.05, 0) is 18.2 Å². The molecule has 0 aliphatic carbocycles. The summed E-state index contributed by atoms with van der Waals surface area (Å²) in [5.74, 6) is -3.48. The molecular weight excluding hydrogens is 333 g/mol.